The Labute approximate surface area is 117 Å². The maximum atomic E-state index is 12.1. The molecule has 0 amide bonds. The Morgan fingerprint density at radius 3 is 2.61 bits per heavy atom. The molecule has 0 spiro atoms. The van der Waals surface area contributed by atoms with Crippen LogP contribution in [0.3, 0.4) is 0 Å². The van der Waals surface area contributed by atoms with Crippen molar-refractivity contribution in [2.45, 2.75) is 59.0 Å². The minimum Gasteiger partial charge on any atom is -0.378 e. The molecule has 0 bridgehead atoms. The zero-order valence-electron chi connectivity index (χ0n) is 11.7. The van der Waals surface area contributed by atoms with Gasteiger partial charge in [-0.2, -0.15) is 5.10 Å². The van der Waals surface area contributed by atoms with Crippen LogP contribution >= 0.6 is 15.9 Å². The van der Waals surface area contributed by atoms with Crippen molar-refractivity contribution in [1.82, 2.24) is 9.78 Å². The second kappa shape index (κ2) is 5.87. The maximum absolute atomic E-state index is 12.1. The summed E-state index contributed by atoms with van der Waals surface area (Å²) in [4.78, 5) is 12.1. The van der Waals surface area contributed by atoms with Gasteiger partial charge in [-0.3, -0.25) is 4.79 Å². The minimum absolute atomic E-state index is 0.0462. The van der Waals surface area contributed by atoms with Crippen molar-refractivity contribution in [2.24, 2.45) is 0 Å². The number of hydrogen-bond donors (Lipinski definition) is 1. The zero-order chi connectivity index (χ0) is 13.9. The van der Waals surface area contributed by atoms with Gasteiger partial charge in [0.1, 0.15) is 4.47 Å². The first-order valence-corrected chi connectivity index (χ1v) is 7.13. The number of hydrogen-bond acceptors (Lipinski definition) is 3. The van der Waals surface area contributed by atoms with E-state index in [1.807, 2.05) is 13.8 Å². The molecule has 1 rings (SSSR count). The van der Waals surface area contributed by atoms with Crippen molar-refractivity contribution in [3.8, 4) is 0 Å². The Balaban J connectivity index is 3.07. The molecular weight excluding hydrogens is 294 g/mol. The largest absolute Gasteiger partial charge is 0.378 e. The molecule has 1 aromatic rings. The van der Waals surface area contributed by atoms with Gasteiger partial charge in [0.25, 0.3) is 5.56 Å². The first-order chi connectivity index (χ1) is 8.28. The molecule has 0 aliphatic carbocycles. The first kappa shape index (κ1) is 15.2. The van der Waals surface area contributed by atoms with E-state index < -0.39 is 0 Å². The molecule has 0 saturated carbocycles. The third-order valence-electron chi connectivity index (χ3n) is 2.78. The minimum atomic E-state index is -0.0951. The average molecular weight is 316 g/mol. The van der Waals surface area contributed by atoms with Crippen LogP contribution in [-0.2, 0) is 0 Å². The predicted molar refractivity (Wildman–Crippen MR) is 79.2 cm³/mol. The zero-order valence-corrected chi connectivity index (χ0v) is 13.3. The maximum Gasteiger partial charge on any atom is 0.283 e. The van der Waals surface area contributed by atoms with Gasteiger partial charge in [-0.25, -0.2) is 4.68 Å². The van der Waals surface area contributed by atoms with Crippen LogP contribution in [0.4, 0.5) is 5.69 Å². The molecule has 0 aromatic carbocycles. The highest BCUT2D eigenvalue weighted by molar-refractivity contribution is 9.10. The summed E-state index contributed by atoms with van der Waals surface area (Å²) in [7, 11) is 0. The SMILES string of the molecule is CCCC(C)(C)Nc1cnn(C(C)C)c(=O)c1Br. The molecule has 0 aliphatic heterocycles. The summed E-state index contributed by atoms with van der Waals surface area (Å²) in [5.41, 5.74) is 0.618. The fraction of sp³-hybridized carbons (Fsp3) is 0.692. The fourth-order valence-electron chi connectivity index (χ4n) is 1.95. The van der Waals surface area contributed by atoms with Crippen LogP contribution in [0.1, 0.15) is 53.5 Å². The summed E-state index contributed by atoms with van der Waals surface area (Å²) < 4.78 is 2.03. The number of aromatic nitrogens is 2. The molecule has 18 heavy (non-hydrogen) atoms. The van der Waals surface area contributed by atoms with Crippen molar-refractivity contribution in [3.63, 3.8) is 0 Å². The van der Waals surface area contributed by atoms with Gasteiger partial charge < -0.3 is 5.32 Å². The highest BCUT2D eigenvalue weighted by Crippen LogP contribution is 2.23. The van der Waals surface area contributed by atoms with E-state index in [2.05, 4.69) is 47.1 Å². The molecule has 0 aliphatic rings. The van der Waals surface area contributed by atoms with Gasteiger partial charge in [0.15, 0.2) is 0 Å². The number of nitrogens with one attached hydrogen (secondary N) is 1. The topological polar surface area (TPSA) is 46.9 Å². The van der Waals surface area contributed by atoms with E-state index in [0.717, 1.165) is 18.5 Å². The van der Waals surface area contributed by atoms with Crippen molar-refractivity contribution in [1.29, 1.82) is 0 Å². The van der Waals surface area contributed by atoms with E-state index in [-0.39, 0.29) is 17.1 Å². The lowest BCUT2D eigenvalue weighted by atomic mass is 9.99. The molecule has 0 atom stereocenters. The van der Waals surface area contributed by atoms with Crippen LogP contribution in [0, 0.1) is 0 Å². The Morgan fingerprint density at radius 2 is 2.11 bits per heavy atom. The van der Waals surface area contributed by atoms with Crippen molar-refractivity contribution in [3.05, 3.63) is 21.0 Å². The van der Waals surface area contributed by atoms with Crippen LogP contribution in [0.5, 0.6) is 0 Å². The molecular formula is C13H22BrN3O. The van der Waals surface area contributed by atoms with Gasteiger partial charge in [-0.05, 0) is 50.0 Å². The van der Waals surface area contributed by atoms with Gasteiger partial charge in [0.05, 0.1) is 17.9 Å². The normalized spacial score (nSPS) is 11.9. The van der Waals surface area contributed by atoms with Gasteiger partial charge in [-0.1, -0.05) is 13.3 Å². The first-order valence-electron chi connectivity index (χ1n) is 6.34. The van der Waals surface area contributed by atoms with E-state index in [1.54, 1.807) is 6.20 Å². The summed E-state index contributed by atoms with van der Waals surface area (Å²) in [6, 6.07) is 0.0616. The van der Waals surface area contributed by atoms with Crippen LogP contribution in [0.25, 0.3) is 0 Å². The van der Waals surface area contributed by atoms with E-state index >= 15 is 0 Å². The van der Waals surface area contributed by atoms with Crippen molar-refractivity contribution >= 4 is 21.6 Å². The summed E-state index contributed by atoms with van der Waals surface area (Å²) >= 11 is 3.37. The monoisotopic (exact) mass is 315 g/mol. The lowest BCUT2D eigenvalue weighted by molar-refractivity contribution is 0.492. The smallest absolute Gasteiger partial charge is 0.283 e. The molecule has 4 nitrogen and oxygen atoms in total. The summed E-state index contributed by atoms with van der Waals surface area (Å²) in [6.45, 7) is 10.3. The highest BCUT2D eigenvalue weighted by atomic mass is 79.9. The third kappa shape index (κ3) is 3.57. The standard InChI is InChI=1S/C13H22BrN3O/c1-6-7-13(4,5)16-10-8-15-17(9(2)3)12(18)11(10)14/h8-9,16H,6-7H2,1-5H3. The van der Waals surface area contributed by atoms with E-state index in [9.17, 15) is 4.79 Å². The van der Waals surface area contributed by atoms with E-state index in [4.69, 9.17) is 0 Å². The van der Waals surface area contributed by atoms with E-state index in [0.29, 0.717) is 4.47 Å². The van der Waals surface area contributed by atoms with E-state index in [1.165, 1.54) is 4.68 Å². The van der Waals surface area contributed by atoms with Crippen LogP contribution < -0.4 is 10.9 Å². The lowest BCUT2D eigenvalue weighted by Crippen LogP contribution is -2.33. The molecule has 5 heteroatoms. The molecule has 0 saturated heterocycles. The molecule has 1 heterocycles. The average Bonchev–Trinajstić information content (AvgIpc) is 2.24. The highest BCUT2D eigenvalue weighted by Gasteiger charge is 2.19. The Kier molecular flexibility index (Phi) is 4.96. The summed E-state index contributed by atoms with van der Waals surface area (Å²) in [5, 5.41) is 7.57. The predicted octanol–water partition coefficient (Wildman–Crippen LogP) is 3.58. The van der Waals surface area contributed by atoms with Gasteiger partial charge in [-0.15, -0.1) is 0 Å². The second-order valence-corrected chi connectivity index (χ2v) is 6.27. The Morgan fingerprint density at radius 1 is 1.50 bits per heavy atom. The molecule has 0 unspecified atom stereocenters. The number of rotatable bonds is 5. The van der Waals surface area contributed by atoms with Crippen LogP contribution in [0.15, 0.2) is 15.5 Å². The molecule has 1 aromatic heterocycles. The lowest BCUT2D eigenvalue weighted by Gasteiger charge is -2.27. The molecule has 1 N–H and O–H groups in total. The Hall–Kier alpha value is -0.840. The molecule has 102 valence electrons. The quantitative estimate of drug-likeness (QED) is 0.903. The summed E-state index contributed by atoms with van der Waals surface area (Å²) in [6.07, 6.45) is 3.84. The van der Waals surface area contributed by atoms with Gasteiger partial charge in [0, 0.05) is 5.54 Å². The summed E-state index contributed by atoms with van der Waals surface area (Å²) in [5.74, 6) is 0. The van der Waals surface area contributed by atoms with Crippen LogP contribution in [0.2, 0.25) is 0 Å². The number of anilines is 1. The van der Waals surface area contributed by atoms with Crippen LogP contribution in [-0.4, -0.2) is 15.3 Å². The number of nitrogens with zero attached hydrogens (tertiary/aromatic N) is 2. The third-order valence-corrected chi connectivity index (χ3v) is 3.55. The Bertz CT molecular complexity index is 466. The van der Waals surface area contributed by atoms with Gasteiger partial charge >= 0.3 is 0 Å². The fourth-order valence-corrected chi connectivity index (χ4v) is 2.34. The second-order valence-electron chi connectivity index (χ2n) is 5.47. The number of halogens is 1. The molecule has 0 radical (unpaired) electrons. The van der Waals surface area contributed by atoms with Crippen molar-refractivity contribution in [2.75, 3.05) is 5.32 Å². The van der Waals surface area contributed by atoms with Gasteiger partial charge in [0.2, 0.25) is 0 Å². The van der Waals surface area contributed by atoms with Crippen molar-refractivity contribution < 1.29 is 0 Å². The molecule has 0 fully saturated rings.